The fraction of sp³-hybridized carbons (Fsp3) is 0. The highest BCUT2D eigenvalue weighted by atomic mass is 16.3. The Morgan fingerprint density at radius 1 is 0.895 bits per heavy atom. The first-order chi connectivity index (χ1) is 9.15. The van der Waals surface area contributed by atoms with Gasteiger partial charge in [0.15, 0.2) is 0 Å². The molecule has 0 unspecified atom stereocenters. The van der Waals surface area contributed by atoms with Crippen LogP contribution in [-0.4, -0.2) is 11.0 Å². The van der Waals surface area contributed by atoms with E-state index in [2.05, 4.69) is 17.2 Å². The number of aromatic hydroxyl groups is 1. The molecule has 0 spiro atoms. The fourth-order valence-corrected chi connectivity index (χ4v) is 1.50. The summed E-state index contributed by atoms with van der Waals surface area (Å²) in [7, 11) is 0. The molecule has 0 radical (unpaired) electrons. The van der Waals surface area contributed by atoms with Gasteiger partial charge in [0.25, 0.3) is 5.91 Å². The van der Waals surface area contributed by atoms with Crippen LogP contribution in [0.15, 0.2) is 66.9 Å². The van der Waals surface area contributed by atoms with Crippen molar-refractivity contribution in [1.82, 2.24) is 0 Å². The topological polar surface area (TPSA) is 61.4 Å². The lowest BCUT2D eigenvalue weighted by Gasteiger charge is -2.10. The maximum absolute atomic E-state index is 11.9. The van der Waals surface area contributed by atoms with E-state index in [4.69, 9.17) is 5.11 Å². The summed E-state index contributed by atoms with van der Waals surface area (Å²) in [6, 6.07) is 15.5. The van der Waals surface area contributed by atoms with Gasteiger partial charge in [-0.25, -0.2) is 0 Å². The molecular formula is C15H14N2O2. The van der Waals surface area contributed by atoms with Crippen molar-refractivity contribution in [2.45, 2.75) is 0 Å². The van der Waals surface area contributed by atoms with Gasteiger partial charge >= 0.3 is 0 Å². The minimum absolute atomic E-state index is 0.171. The normalized spacial score (nSPS) is 9.68. The molecule has 0 bridgehead atoms. The minimum Gasteiger partial charge on any atom is -0.508 e. The van der Waals surface area contributed by atoms with Gasteiger partial charge in [0.05, 0.1) is 5.70 Å². The van der Waals surface area contributed by atoms with E-state index >= 15 is 0 Å². The Morgan fingerprint density at radius 3 is 2.11 bits per heavy atom. The Hall–Kier alpha value is -2.75. The number of hydrogen-bond donors (Lipinski definition) is 3. The summed E-state index contributed by atoms with van der Waals surface area (Å²) in [4.78, 5) is 11.9. The lowest BCUT2D eigenvalue weighted by molar-refractivity contribution is -0.112. The standard InChI is InChI=1S/C15H14N2O2/c1-11(16-13-7-9-14(18)10-8-13)15(19)17-12-5-3-2-4-6-12/h2-10,16,18H,1H2,(H,17,19). The van der Waals surface area contributed by atoms with Crippen LogP contribution in [0.25, 0.3) is 0 Å². The number of benzene rings is 2. The number of phenolic OH excluding ortho intramolecular Hbond substituents is 1. The highest BCUT2D eigenvalue weighted by Gasteiger charge is 2.07. The van der Waals surface area contributed by atoms with Crippen LogP contribution in [0.1, 0.15) is 0 Å². The largest absolute Gasteiger partial charge is 0.508 e. The molecule has 0 fully saturated rings. The number of hydrogen-bond acceptors (Lipinski definition) is 3. The van der Waals surface area contributed by atoms with Crippen LogP contribution in [0, 0.1) is 0 Å². The van der Waals surface area contributed by atoms with E-state index in [9.17, 15) is 4.79 Å². The first-order valence-corrected chi connectivity index (χ1v) is 5.76. The predicted molar refractivity (Wildman–Crippen MR) is 75.9 cm³/mol. The van der Waals surface area contributed by atoms with E-state index in [0.717, 1.165) is 0 Å². The Kier molecular flexibility index (Phi) is 3.83. The van der Waals surface area contributed by atoms with Gasteiger partial charge in [0.2, 0.25) is 0 Å². The number of rotatable bonds is 4. The number of anilines is 2. The molecule has 2 rings (SSSR count). The van der Waals surface area contributed by atoms with E-state index in [0.29, 0.717) is 11.4 Å². The van der Waals surface area contributed by atoms with Gasteiger partial charge in [0, 0.05) is 11.4 Å². The van der Waals surface area contributed by atoms with E-state index in [1.165, 1.54) is 12.1 Å². The van der Waals surface area contributed by atoms with Crippen molar-refractivity contribution in [1.29, 1.82) is 0 Å². The van der Waals surface area contributed by atoms with Gasteiger partial charge in [-0.05, 0) is 36.4 Å². The first-order valence-electron chi connectivity index (χ1n) is 5.76. The van der Waals surface area contributed by atoms with Crippen LogP contribution in [-0.2, 0) is 4.79 Å². The van der Waals surface area contributed by atoms with Crippen LogP contribution in [0.2, 0.25) is 0 Å². The van der Waals surface area contributed by atoms with Gasteiger partial charge in [-0.2, -0.15) is 0 Å². The minimum atomic E-state index is -0.306. The zero-order chi connectivity index (χ0) is 13.7. The van der Waals surface area contributed by atoms with E-state index in [1.54, 1.807) is 24.3 Å². The second-order valence-corrected chi connectivity index (χ2v) is 3.97. The van der Waals surface area contributed by atoms with Gasteiger partial charge in [0.1, 0.15) is 5.75 Å². The Bertz CT molecular complexity index is 577. The second kappa shape index (κ2) is 5.73. The molecule has 3 N–H and O–H groups in total. The highest BCUT2D eigenvalue weighted by molar-refractivity contribution is 6.05. The smallest absolute Gasteiger partial charge is 0.271 e. The number of nitrogens with one attached hydrogen (secondary N) is 2. The van der Waals surface area contributed by atoms with Crippen molar-refractivity contribution < 1.29 is 9.90 Å². The Labute approximate surface area is 111 Å². The van der Waals surface area contributed by atoms with Crippen molar-refractivity contribution in [2.75, 3.05) is 10.6 Å². The van der Waals surface area contributed by atoms with E-state index in [1.807, 2.05) is 18.2 Å². The molecule has 0 saturated heterocycles. The number of carbonyl (C=O) groups excluding carboxylic acids is 1. The van der Waals surface area contributed by atoms with Gasteiger partial charge in [-0.15, -0.1) is 0 Å². The molecule has 0 heterocycles. The highest BCUT2D eigenvalue weighted by Crippen LogP contribution is 2.15. The first kappa shape index (κ1) is 12.7. The lowest BCUT2D eigenvalue weighted by atomic mass is 10.3. The summed E-state index contributed by atoms with van der Waals surface area (Å²) in [5.74, 6) is -0.135. The monoisotopic (exact) mass is 254 g/mol. The molecule has 0 atom stereocenters. The van der Waals surface area contributed by atoms with Crippen molar-refractivity contribution >= 4 is 17.3 Å². The van der Waals surface area contributed by atoms with Crippen LogP contribution < -0.4 is 10.6 Å². The third-order valence-corrected chi connectivity index (χ3v) is 2.47. The van der Waals surface area contributed by atoms with Gasteiger partial charge < -0.3 is 15.7 Å². The van der Waals surface area contributed by atoms with Crippen molar-refractivity contribution in [3.8, 4) is 5.75 Å². The van der Waals surface area contributed by atoms with Gasteiger partial charge in [-0.3, -0.25) is 4.79 Å². The molecule has 2 aromatic rings. The summed E-state index contributed by atoms with van der Waals surface area (Å²) in [6.07, 6.45) is 0. The fourth-order valence-electron chi connectivity index (χ4n) is 1.50. The molecule has 0 saturated carbocycles. The van der Waals surface area contributed by atoms with Crippen molar-refractivity contribution in [3.63, 3.8) is 0 Å². The summed E-state index contributed by atoms with van der Waals surface area (Å²) in [6.45, 7) is 3.68. The number of carbonyl (C=O) groups is 1. The summed E-state index contributed by atoms with van der Waals surface area (Å²) >= 11 is 0. The average Bonchev–Trinajstić information content (AvgIpc) is 2.42. The van der Waals surface area contributed by atoms with Crippen LogP contribution in [0.5, 0.6) is 5.75 Å². The van der Waals surface area contributed by atoms with Crippen LogP contribution in [0.3, 0.4) is 0 Å². The quantitative estimate of drug-likeness (QED) is 0.580. The maximum atomic E-state index is 11.9. The maximum Gasteiger partial charge on any atom is 0.271 e. The molecule has 4 heteroatoms. The van der Waals surface area contributed by atoms with E-state index < -0.39 is 0 Å². The Balaban J connectivity index is 1.96. The molecule has 4 nitrogen and oxygen atoms in total. The SMILES string of the molecule is C=C(Nc1ccc(O)cc1)C(=O)Nc1ccccc1. The molecule has 0 aromatic heterocycles. The van der Waals surface area contributed by atoms with Crippen LogP contribution >= 0.6 is 0 Å². The lowest BCUT2D eigenvalue weighted by Crippen LogP contribution is -2.18. The van der Waals surface area contributed by atoms with Gasteiger partial charge in [-0.1, -0.05) is 24.8 Å². The van der Waals surface area contributed by atoms with Crippen molar-refractivity contribution in [2.24, 2.45) is 0 Å². The molecule has 2 aromatic carbocycles. The molecule has 96 valence electrons. The molecule has 0 aliphatic heterocycles. The third-order valence-electron chi connectivity index (χ3n) is 2.47. The predicted octanol–water partition coefficient (Wildman–Crippen LogP) is 2.96. The van der Waals surface area contributed by atoms with E-state index in [-0.39, 0.29) is 17.4 Å². The van der Waals surface area contributed by atoms with Crippen molar-refractivity contribution in [3.05, 3.63) is 66.9 Å². The Morgan fingerprint density at radius 2 is 1.47 bits per heavy atom. The number of amides is 1. The average molecular weight is 254 g/mol. The van der Waals surface area contributed by atoms with Crippen LogP contribution in [0.4, 0.5) is 11.4 Å². The molecule has 0 aliphatic rings. The number of para-hydroxylation sites is 1. The zero-order valence-corrected chi connectivity index (χ0v) is 10.3. The third kappa shape index (κ3) is 3.61. The molecule has 1 amide bonds. The summed E-state index contributed by atoms with van der Waals surface area (Å²) in [5, 5.41) is 14.8. The molecule has 0 aliphatic carbocycles. The number of phenols is 1. The molecule has 19 heavy (non-hydrogen) atoms. The molecular weight excluding hydrogens is 240 g/mol. The zero-order valence-electron chi connectivity index (χ0n) is 10.3. The summed E-state index contributed by atoms with van der Waals surface area (Å²) < 4.78 is 0. The second-order valence-electron chi connectivity index (χ2n) is 3.97. The summed E-state index contributed by atoms with van der Waals surface area (Å²) in [5.41, 5.74) is 1.63.